The molecule has 0 aliphatic heterocycles. The summed E-state index contributed by atoms with van der Waals surface area (Å²) >= 11 is 6.22. The van der Waals surface area contributed by atoms with Crippen LogP contribution in [0.4, 0.5) is 0 Å². The van der Waals surface area contributed by atoms with Gasteiger partial charge in [-0.1, -0.05) is 11.6 Å². The zero-order valence-corrected chi connectivity index (χ0v) is 13.9. The first kappa shape index (κ1) is 16.5. The molecule has 1 rings (SSSR count). The van der Waals surface area contributed by atoms with Crippen molar-refractivity contribution in [2.45, 2.75) is 38.0 Å². The zero-order chi connectivity index (χ0) is 15.0. The number of aromatic nitrogens is 2. The Morgan fingerprint density at radius 2 is 2.00 bits per heavy atom. The molecule has 0 aliphatic rings. The van der Waals surface area contributed by atoms with Gasteiger partial charge in [-0.2, -0.15) is 5.10 Å². The molecule has 1 unspecified atom stereocenters. The summed E-state index contributed by atoms with van der Waals surface area (Å²) in [6, 6.07) is -0.241. The minimum Gasteiger partial charge on any atom is -0.315 e. The summed E-state index contributed by atoms with van der Waals surface area (Å²) in [7, 11) is 0.385. The van der Waals surface area contributed by atoms with E-state index in [1.165, 1.54) is 6.26 Å². The maximum atomic E-state index is 11.9. The third kappa shape index (κ3) is 3.12. The topological polar surface area (TPSA) is 64.0 Å². The minimum atomic E-state index is -3.19. The van der Waals surface area contributed by atoms with Gasteiger partial charge in [-0.3, -0.25) is 4.68 Å². The van der Waals surface area contributed by atoms with Crippen LogP contribution < -0.4 is 5.32 Å². The van der Waals surface area contributed by atoms with Gasteiger partial charge in [0.2, 0.25) is 0 Å². The smallest absolute Gasteiger partial charge is 0.154 e. The average Bonchev–Trinajstić information content (AvgIpc) is 2.49. The molecule has 0 spiro atoms. The lowest BCUT2D eigenvalue weighted by Gasteiger charge is -2.32. The normalized spacial score (nSPS) is 14.7. The number of hydrogen-bond acceptors (Lipinski definition) is 4. The Morgan fingerprint density at radius 3 is 2.32 bits per heavy atom. The maximum absolute atomic E-state index is 11.9. The number of halogens is 1. The van der Waals surface area contributed by atoms with E-state index < -0.39 is 14.6 Å². The number of nitrogens with zero attached hydrogens (tertiary/aromatic N) is 2. The average molecular weight is 308 g/mol. The van der Waals surface area contributed by atoms with Gasteiger partial charge in [-0.05, 0) is 27.8 Å². The standard InChI is InChI=1S/C12H22ClN3O2S/c1-8-11(13)9(16(5)15-8)7-10(14-4)12(2,3)19(6,17)18/h10,14H,7H2,1-6H3. The van der Waals surface area contributed by atoms with Crippen LogP contribution in [0.25, 0.3) is 0 Å². The van der Waals surface area contributed by atoms with Crippen molar-refractivity contribution >= 4 is 21.4 Å². The third-order valence-corrected chi connectivity index (χ3v) is 6.49. The van der Waals surface area contributed by atoms with Gasteiger partial charge >= 0.3 is 0 Å². The van der Waals surface area contributed by atoms with Gasteiger partial charge in [-0.15, -0.1) is 0 Å². The van der Waals surface area contributed by atoms with Crippen LogP contribution in [0.5, 0.6) is 0 Å². The van der Waals surface area contributed by atoms with Crippen LogP contribution in [0, 0.1) is 6.92 Å². The second-order valence-electron chi connectivity index (χ2n) is 5.39. The van der Waals surface area contributed by atoms with E-state index in [1.54, 1.807) is 25.6 Å². The molecule has 0 aromatic carbocycles. The SMILES string of the molecule is CNC(Cc1c(Cl)c(C)nn1C)C(C)(C)S(C)(=O)=O. The molecule has 7 heteroatoms. The molecule has 0 bridgehead atoms. The molecule has 1 heterocycles. The Hall–Kier alpha value is -0.590. The predicted octanol–water partition coefficient (Wildman–Crippen LogP) is 1.34. The fraction of sp³-hybridized carbons (Fsp3) is 0.750. The summed E-state index contributed by atoms with van der Waals surface area (Å²) in [5.41, 5.74) is 1.60. The highest BCUT2D eigenvalue weighted by atomic mass is 35.5. The zero-order valence-electron chi connectivity index (χ0n) is 12.3. The quantitative estimate of drug-likeness (QED) is 0.891. The molecule has 5 nitrogen and oxygen atoms in total. The lowest BCUT2D eigenvalue weighted by Crippen LogP contribution is -2.51. The first-order valence-corrected chi connectivity index (χ1v) is 8.34. The Balaban J connectivity index is 3.14. The second kappa shape index (κ2) is 5.42. The highest BCUT2D eigenvalue weighted by Crippen LogP contribution is 2.27. The van der Waals surface area contributed by atoms with Gasteiger partial charge in [0.25, 0.3) is 0 Å². The van der Waals surface area contributed by atoms with Crippen LogP contribution >= 0.6 is 11.6 Å². The lowest BCUT2D eigenvalue weighted by atomic mass is 9.98. The van der Waals surface area contributed by atoms with E-state index in [4.69, 9.17) is 11.6 Å². The Labute approximate surface area is 120 Å². The first-order valence-electron chi connectivity index (χ1n) is 6.07. The number of likely N-dealkylation sites (N-methyl/N-ethyl adjacent to an activating group) is 1. The van der Waals surface area contributed by atoms with Crippen molar-refractivity contribution in [3.8, 4) is 0 Å². The van der Waals surface area contributed by atoms with E-state index in [2.05, 4.69) is 10.4 Å². The molecule has 0 amide bonds. The molecule has 19 heavy (non-hydrogen) atoms. The van der Waals surface area contributed by atoms with Gasteiger partial charge in [0.05, 0.1) is 21.2 Å². The molecule has 110 valence electrons. The van der Waals surface area contributed by atoms with Crippen molar-refractivity contribution in [3.63, 3.8) is 0 Å². The fourth-order valence-corrected chi connectivity index (χ4v) is 3.00. The maximum Gasteiger partial charge on any atom is 0.154 e. The summed E-state index contributed by atoms with van der Waals surface area (Å²) in [5.74, 6) is 0. The van der Waals surface area contributed by atoms with Crippen molar-refractivity contribution in [3.05, 3.63) is 16.4 Å². The first-order chi connectivity index (χ1) is 8.52. The lowest BCUT2D eigenvalue weighted by molar-refractivity contribution is 0.422. The van der Waals surface area contributed by atoms with Crippen LogP contribution in [0.3, 0.4) is 0 Å². The van der Waals surface area contributed by atoms with Crippen LogP contribution in [0.15, 0.2) is 0 Å². The van der Waals surface area contributed by atoms with E-state index in [-0.39, 0.29) is 6.04 Å². The molecule has 1 aromatic heterocycles. The Morgan fingerprint density at radius 1 is 1.47 bits per heavy atom. The van der Waals surface area contributed by atoms with Crippen molar-refractivity contribution in [1.82, 2.24) is 15.1 Å². The van der Waals surface area contributed by atoms with E-state index in [0.717, 1.165) is 11.4 Å². The van der Waals surface area contributed by atoms with E-state index in [1.807, 2.05) is 14.0 Å². The summed E-state index contributed by atoms with van der Waals surface area (Å²) < 4.78 is 24.7. The molecule has 0 saturated carbocycles. The van der Waals surface area contributed by atoms with Crippen molar-refractivity contribution in [2.75, 3.05) is 13.3 Å². The second-order valence-corrected chi connectivity index (χ2v) is 8.37. The Bertz CT molecular complexity index is 564. The number of aryl methyl sites for hydroxylation is 2. The van der Waals surface area contributed by atoms with Crippen molar-refractivity contribution in [1.29, 1.82) is 0 Å². The van der Waals surface area contributed by atoms with Crippen molar-refractivity contribution < 1.29 is 8.42 Å². The molecule has 0 radical (unpaired) electrons. The van der Waals surface area contributed by atoms with Crippen molar-refractivity contribution in [2.24, 2.45) is 7.05 Å². The van der Waals surface area contributed by atoms with E-state index in [0.29, 0.717) is 11.4 Å². The predicted molar refractivity (Wildman–Crippen MR) is 78.4 cm³/mol. The van der Waals surface area contributed by atoms with Crippen LogP contribution in [-0.2, 0) is 23.3 Å². The summed E-state index contributed by atoms with van der Waals surface area (Å²) in [4.78, 5) is 0. The molecule has 0 aliphatic carbocycles. The van der Waals surface area contributed by atoms with Crippen LogP contribution in [0.1, 0.15) is 25.2 Å². The molecule has 1 N–H and O–H groups in total. The fourth-order valence-electron chi connectivity index (χ4n) is 2.05. The summed E-state index contributed by atoms with van der Waals surface area (Å²) in [6.07, 6.45) is 1.76. The largest absolute Gasteiger partial charge is 0.315 e. The van der Waals surface area contributed by atoms with E-state index >= 15 is 0 Å². The molecule has 0 fully saturated rings. The van der Waals surface area contributed by atoms with Gasteiger partial charge in [0.15, 0.2) is 9.84 Å². The van der Waals surface area contributed by atoms with Gasteiger partial charge in [0.1, 0.15) is 0 Å². The number of rotatable bonds is 5. The number of hydrogen-bond donors (Lipinski definition) is 1. The third-order valence-electron chi connectivity index (χ3n) is 3.80. The van der Waals surface area contributed by atoms with Gasteiger partial charge in [-0.25, -0.2) is 8.42 Å². The number of nitrogens with one attached hydrogen (secondary N) is 1. The van der Waals surface area contributed by atoms with Gasteiger partial charge < -0.3 is 5.32 Å². The molecule has 0 saturated heterocycles. The minimum absolute atomic E-state index is 0.241. The number of sulfone groups is 1. The summed E-state index contributed by atoms with van der Waals surface area (Å²) in [6.45, 7) is 5.28. The monoisotopic (exact) mass is 307 g/mol. The molecular formula is C12H22ClN3O2S. The highest BCUT2D eigenvalue weighted by Gasteiger charge is 2.39. The molecule has 1 aromatic rings. The van der Waals surface area contributed by atoms with Crippen LogP contribution in [0.2, 0.25) is 5.02 Å². The van der Waals surface area contributed by atoms with Gasteiger partial charge in [0, 0.05) is 25.8 Å². The highest BCUT2D eigenvalue weighted by molar-refractivity contribution is 7.92. The van der Waals surface area contributed by atoms with E-state index in [9.17, 15) is 8.42 Å². The Kier molecular flexibility index (Phi) is 4.70. The summed E-state index contributed by atoms with van der Waals surface area (Å²) in [5, 5.41) is 7.94. The van der Waals surface area contributed by atoms with Crippen LogP contribution in [-0.4, -0.2) is 42.3 Å². The molecule has 1 atom stereocenters. The molecular weight excluding hydrogens is 286 g/mol.